The van der Waals surface area contributed by atoms with Crippen molar-refractivity contribution >= 4 is 16.7 Å². The molecule has 2 unspecified atom stereocenters. The summed E-state index contributed by atoms with van der Waals surface area (Å²) in [7, 11) is 0.666. The van der Waals surface area contributed by atoms with Gasteiger partial charge in [0, 0.05) is 47.3 Å². The predicted octanol–water partition coefficient (Wildman–Crippen LogP) is 1.56. The molecule has 0 radical (unpaired) electrons. The van der Waals surface area contributed by atoms with Crippen LogP contribution in [0.5, 0.6) is 5.75 Å². The number of amides is 1. The highest BCUT2D eigenvalue weighted by molar-refractivity contribution is 7.84. The van der Waals surface area contributed by atoms with Crippen molar-refractivity contribution in [3.05, 3.63) is 30.2 Å². The highest BCUT2D eigenvalue weighted by atomic mass is 32.2. The van der Waals surface area contributed by atoms with Crippen LogP contribution in [0.25, 0.3) is 11.4 Å². The average molecular weight is 351 g/mol. The lowest BCUT2D eigenvalue weighted by atomic mass is 10.2. The van der Waals surface area contributed by atoms with Gasteiger partial charge in [-0.05, 0) is 31.2 Å². The lowest BCUT2D eigenvalue weighted by Gasteiger charge is -2.11. The van der Waals surface area contributed by atoms with Crippen LogP contribution in [0.4, 0.5) is 0 Å². The van der Waals surface area contributed by atoms with E-state index >= 15 is 0 Å². The molecule has 0 bridgehead atoms. The molecule has 8 heteroatoms. The van der Waals surface area contributed by atoms with E-state index in [1.165, 1.54) is 0 Å². The summed E-state index contributed by atoms with van der Waals surface area (Å²) in [5, 5.41) is 6.72. The van der Waals surface area contributed by atoms with Crippen LogP contribution in [0.1, 0.15) is 19.2 Å². The molecule has 130 valence electrons. The number of nitrogens with zero attached hydrogens (tertiary/aromatic N) is 2. The van der Waals surface area contributed by atoms with E-state index in [-0.39, 0.29) is 18.4 Å². The zero-order valence-electron chi connectivity index (χ0n) is 13.9. The fourth-order valence-electron chi connectivity index (χ4n) is 2.17. The average Bonchev–Trinajstić information content (AvgIpc) is 3.01. The molecule has 1 amide bonds. The zero-order chi connectivity index (χ0) is 17.5. The molecule has 7 nitrogen and oxygen atoms in total. The number of rotatable bonds is 8. The molecule has 0 aliphatic carbocycles. The molecule has 24 heavy (non-hydrogen) atoms. The molecule has 0 spiro atoms. The van der Waals surface area contributed by atoms with Gasteiger partial charge >= 0.3 is 0 Å². The van der Waals surface area contributed by atoms with Crippen molar-refractivity contribution in [2.75, 3.05) is 19.1 Å². The molecule has 2 rings (SSSR count). The Morgan fingerprint density at radius 3 is 2.71 bits per heavy atom. The predicted molar refractivity (Wildman–Crippen MR) is 91.1 cm³/mol. The van der Waals surface area contributed by atoms with Gasteiger partial charge < -0.3 is 14.6 Å². The number of carbonyl (C=O) groups excluding carboxylic acids is 1. The van der Waals surface area contributed by atoms with Gasteiger partial charge in [-0.15, -0.1) is 0 Å². The maximum absolute atomic E-state index is 11.8. The molecular weight excluding hydrogens is 330 g/mol. The topological polar surface area (TPSA) is 94.3 Å². The van der Waals surface area contributed by atoms with Crippen molar-refractivity contribution in [1.29, 1.82) is 0 Å². The van der Waals surface area contributed by atoms with Crippen LogP contribution in [0.2, 0.25) is 0 Å². The number of ether oxygens (including phenoxy) is 1. The molecule has 1 aromatic carbocycles. The van der Waals surface area contributed by atoms with Crippen LogP contribution in [-0.4, -0.2) is 45.4 Å². The Morgan fingerprint density at radius 2 is 2.08 bits per heavy atom. The van der Waals surface area contributed by atoms with Crippen molar-refractivity contribution in [2.45, 2.75) is 25.8 Å². The number of benzene rings is 1. The molecule has 0 fully saturated rings. The second-order valence-corrected chi connectivity index (χ2v) is 6.93. The largest absolute Gasteiger partial charge is 0.497 e. The van der Waals surface area contributed by atoms with E-state index in [1.807, 2.05) is 31.2 Å². The first-order valence-corrected chi connectivity index (χ1v) is 9.27. The van der Waals surface area contributed by atoms with Crippen LogP contribution >= 0.6 is 0 Å². The number of hydrogen-bond acceptors (Lipinski definition) is 6. The monoisotopic (exact) mass is 351 g/mol. The van der Waals surface area contributed by atoms with Crippen molar-refractivity contribution in [2.24, 2.45) is 0 Å². The molecule has 2 atom stereocenters. The fourth-order valence-corrected chi connectivity index (χ4v) is 2.96. The SMILES string of the molecule is COc1ccc(-c2noc(CCC(=O)NC(C)CS(C)=O)n2)cc1. The summed E-state index contributed by atoms with van der Waals surface area (Å²) in [6.45, 7) is 1.83. The molecule has 0 aliphatic rings. The van der Waals surface area contributed by atoms with Gasteiger partial charge in [0.2, 0.25) is 17.6 Å². The summed E-state index contributed by atoms with van der Waals surface area (Å²) in [4.78, 5) is 16.1. The lowest BCUT2D eigenvalue weighted by Crippen LogP contribution is -2.36. The summed E-state index contributed by atoms with van der Waals surface area (Å²) in [5.41, 5.74) is 0.814. The van der Waals surface area contributed by atoms with Crippen molar-refractivity contribution in [3.8, 4) is 17.1 Å². The first-order chi connectivity index (χ1) is 11.5. The quantitative estimate of drug-likeness (QED) is 0.776. The standard InChI is InChI=1S/C16H21N3O4S/c1-11(10-24(3)21)17-14(20)8-9-15-18-16(19-23-15)12-4-6-13(22-2)7-5-12/h4-7,11H,8-10H2,1-3H3,(H,17,20). The van der Waals surface area contributed by atoms with E-state index in [2.05, 4.69) is 15.5 Å². The summed E-state index contributed by atoms with van der Waals surface area (Å²) >= 11 is 0. The minimum absolute atomic E-state index is 0.124. The second-order valence-electron chi connectivity index (χ2n) is 5.45. The molecule has 1 N–H and O–H groups in total. The number of methoxy groups -OCH3 is 1. The molecule has 1 heterocycles. The van der Waals surface area contributed by atoms with Gasteiger partial charge in [-0.25, -0.2) is 0 Å². The minimum atomic E-state index is -0.937. The van der Waals surface area contributed by atoms with Gasteiger partial charge in [-0.2, -0.15) is 4.98 Å². The summed E-state index contributed by atoms with van der Waals surface area (Å²) in [5.74, 6) is 1.94. The Bertz CT molecular complexity index is 700. The summed E-state index contributed by atoms with van der Waals surface area (Å²) < 4.78 is 21.4. The van der Waals surface area contributed by atoms with Gasteiger partial charge in [0.1, 0.15) is 5.75 Å². The van der Waals surface area contributed by atoms with Crippen LogP contribution in [0.15, 0.2) is 28.8 Å². The maximum Gasteiger partial charge on any atom is 0.227 e. The van der Waals surface area contributed by atoms with E-state index < -0.39 is 10.8 Å². The van der Waals surface area contributed by atoms with Gasteiger partial charge in [0.25, 0.3) is 0 Å². The third kappa shape index (κ3) is 5.45. The van der Waals surface area contributed by atoms with Crippen molar-refractivity contribution in [3.63, 3.8) is 0 Å². The number of aromatic nitrogens is 2. The number of aryl methyl sites for hydroxylation is 1. The number of hydrogen-bond donors (Lipinski definition) is 1. The van der Waals surface area contributed by atoms with Gasteiger partial charge in [0.05, 0.1) is 7.11 Å². The maximum atomic E-state index is 11.8. The van der Waals surface area contributed by atoms with Crippen LogP contribution in [0.3, 0.4) is 0 Å². The van der Waals surface area contributed by atoms with Crippen molar-refractivity contribution in [1.82, 2.24) is 15.5 Å². The van der Waals surface area contributed by atoms with Crippen molar-refractivity contribution < 1.29 is 18.3 Å². The van der Waals surface area contributed by atoms with E-state index in [0.29, 0.717) is 23.9 Å². The molecular formula is C16H21N3O4S. The highest BCUT2D eigenvalue weighted by Gasteiger charge is 2.13. The molecule has 0 aliphatic heterocycles. The Hall–Kier alpha value is -2.22. The first-order valence-electron chi connectivity index (χ1n) is 7.54. The van der Waals surface area contributed by atoms with E-state index in [1.54, 1.807) is 13.4 Å². The smallest absolute Gasteiger partial charge is 0.227 e. The van der Waals surface area contributed by atoms with Crippen LogP contribution in [0, 0.1) is 0 Å². The molecule has 0 saturated carbocycles. The Labute approximate surface area is 143 Å². The van der Waals surface area contributed by atoms with E-state index in [9.17, 15) is 9.00 Å². The number of nitrogens with one attached hydrogen (secondary N) is 1. The zero-order valence-corrected chi connectivity index (χ0v) is 14.8. The summed E-state index contributed by atoms with van der Waals surface area (Å²) in [6.07, 6.45) is 2.21. The Morgan fingerprint density at radius 1 is 1.38 bits per heavy atom. The summed E-state index contributed by atoms with van der Waals surface area (Å²) in [6, 6.07) is 7.19. The second kappa shape index (κ2) is 8.58. The molecule has 1 aromatic heterocycles. The van der Waals surface area contributed by atoms with Crippen LogP contribution in [-0.2, 0) is 22.0 Å². The van der Waals surface area contributed by atoms with E-state index in [4.69, 9.17) is 9.26 Å². The normalized spacial score (nSPS) is 13.3. The van der Waals surface area contributed by atoms with Gasteiger partial charge in [0.15, 0.2) is 0 Å². The third-order valence-electron chi connectivity index (χ3n) is 3.27. The highest BCUT2D eigenvalue weighted by Crippen LogP contribution is 2.19. The van der Waals surface area contributed by atoms with Gasteiger partial charge in [-0.1, -0.05) is 5.16 Å². The molecule has 2 aromatic rings. The first kappa shape index (κ1) is 18.1. The minimum Gasteiger partial charge on any atom is -0.497 e. The van der Waals surface area contributed by atoms with E-state index in [0.717, 1.165) is 11.3 Å². The Kier molecular flexibility index (Phi) is 6.48. The fraction of sp³-hybridized carbons (Fsp3) is 0.438. The molecule has 0 saturated heterocycles. The third-order valence-corrected chi connectivity index (χ3v) is 4.24. The van der Waals surface area contributed by atoms with Crippen LogP contribution < -0.4 is 10.1 Å². The Balaban J connectivity index is 1.87. The number of carbonyl (C=O) groups is 1. The lowest BCUT2D eigenvalue weighted by molar-refractivity contribution is -0.121. The van der Waals surface area contributed by atoms with Gasteiger partial charge in [-0.3, -0.25) is 9.00 Å².